The van der Waals surface area contributed by atoms with Gasteiger partial charge in [0.05, 0.1) is 5.52 Å². The molecule has 0 bridgehead atoms. The quantitative estimate of drug-likeness (QED) is 0.793. The number of nitrogens with one attached hydrogen (secondary N) is 1. The van der Waals surface area contributed by atoms with Gasteiger partial charge in [-0.3, -0.25) is 4.79 Å². The van der Waals surface area contributed by atoms with Crippen molar-refractivity contribution in [3.63, 3.8) is 0 Å². The number of amides is 1. The van der Waals surface area contributed by atoms with Gasteiger partial charge in [-0.1, -0.05) is 35.9 Å². The van der Waals surface area contributed by atoms with Crippen molar-refractivity contribution in [3.8, 4) is 0 Å². The zero-order valence-electron chi connectivity index (χ0n) is 12.9. The Morgan fingerprint density at radius 3 is 2.62 bits per heavy atom. The van der Waals surface area contributed by atoms with E-state index in [-0.39, 0.29) is 17.3 Å². The molecule has 0 atom stereocenters. The number of rotatable bonds is 4. The number of carbonyl (C=O) groups is 1. The molecule has 1 N–H and O–H groups in total. The number of fused-ring (bicyclic) bond motifs is 1. The van der Waals surface area contributed by atoms with Gasteiger partial charge in [0.2, 0.25) is 5.82 Å². The minimum absolute atomic E-state index is 0.103. The first-order valence-corrected chi connectivity index (χ1v) is 8.18. The van der Waals surface area contributed by atoms with E-state index in [1.54, 1.807) is 0 Å². The molecule has 0 spiro atoms. The second-order valence-corrected chi connectivity index (χ2v) is 6.60. The summed E-state index contributed by atoms with van der Waals surface area (Å²) in [6.45, 7) is 0. The normalized spacial score (nSPS) is 15.2. The average molecular weight is 339 g/mol. The van der Waals surface area contributed by atoms with E-state index in [9.17, 15) is 4.79 Å². The van der Waals surface area contributed by atoms with Crippen molar-refractivity contribution in [1.82, 2.24) is 20.5 Å². The van der Waals surface area contributed by atoms with Gasteiger partial charge in [0, 0.05) is 10.6 Å². The molecule has 3 aromatic rings. The number of nitrogens with zero attached hydrogens (tertiary/aromatic N) is 3. The first-order chi connectivity index (χ1) is 11.6. The molecule has 1 aliphatic rings. The minimum Gasteiger partial charge on any atom is -0.343 e. The maximum atomic E-state index is 12.5. The molecule has 4 rings (SSSR count). The van der Waals surface area contributed by atoms with Gasteiger partial charge in [-0.15, -0.1) is 10.2 Å². The van der Waals surface area contributed by atoms with Crippen molar-refractivity contribution in [1.29, 1.82) is 0 Å². The lowest BCUT2D eigenvalue weighted by Gasteiger charge is -2.17. The fraction of sp³-hybridized carbons (Fsp3) is 0.222. The van der Waals surface area contributed by atoms with Crippen molar-refractivity contribution >= 4 is 28.5 Å². The lowest BCUT2D eigenvalue weighted by molar-refractivity contribution is 0.0920. The molecule has 1 fully saturated rings. The van der Waals surface area contributed by atoms with Crippen LogP contribution in [0.3, 0.4) is 0 Å². The van der Waals surface area contributed by atoms with Crippen LogP contribution in [0.25, 0.3) is 11.0 Å². The van der Waals surface area contributed by atoms with Crippen LogP contribution in [-0.4, -0.2) is 26.6 Å². The second-order valence-electron chi connectivity index (χ2n) is 6.17. The molecule has 5 nitrogen and oxygen atoms in total. The van der Waals surface area contributed by atoms with Crippen LogP contribution < -0.4 is 5.32 Å². The molecule has 2 aromatic carbocycles. The fourth-order valence-corrected chi connectivity index (χ4v) is 3.02. The van der Waals surface area contributed by atoms with E-state index >= 15 is 0 Å². The largest absolute Gasteiger partial charge is 0.343 e. The first-order valence-electron chi connectivity index (χ1n) is 7.80. The molecule has 1 amide bonds. The fourth-order valence-electron chi connectivity index (χ4n) is 2.81. The Bertz CT molecular complexity index is 924. The molecule has 1 saturated carbocycles. The summed E-state index contributed by atoms with van der Waals surface area (Å²) in [5.74, 6) is -0.182. The van der Waals surface area contributed by atoms with E-state index in [1.807, 2.05) is 48.5 Å². The highest BCUT2D eigenvalue weighted by atomic mass is 35.5. The zero-order chi connectivity index (χ0) is 16.6. The number of halogens is 1. The van der Waals surface area contributed by atoms with Gasteiger partial charge in [-0.25, -0.2) is 4.98 Å². The lowest BCUT2D eigenvalue weighted by atomic mass is 10.0. The summed E-state index contributed by atoms with van der Waals surface area (Å²) in [5, 5.41) is 11.8. The third kappa shape index (κ3) is 3.08. The van der Waals surface area contributed by atoms with Crippen LogP contribution in [0, 0.1) is 0 Å². The Hall–Kier alpha value is -2.53. The van der Waals surface area contributed by atoms with Crippen LogP contribution in [0.5, 0.6) is 0 Å². The van der Waals surface area contributed by atoms with Crippen molar-refractivity contribution in [3.05, 3.63) is 64.9 Å². The summed E-state index contributed by atoms with van der Waals surface area (Å²) in [5.41, 5.74) is 2.22. The molecule has 120 valence electrons. The molecule has 24 heavy (non-hydrogen) atoms. The molecule has 0 saturated heterocycles. The standard InChI is InChI=1S/C18H15ClN4O/c19-13-5-3-4-12(10-13)11-18(8-9-18)21-17(24)16-20-14-6-1-2-7-15(14)22-23-16/h1-7,10H,8-9,11H2,(H,21,24). The first kappa shape index (κ1) is 15.0. The Labute approximate surface area is 144 Å². The number of hydrogen-bond acceptors (Lipinski definition) is 4. The smallest absolute Gasteiger partial charge is 0.291 e. The summed E-state index contributed by atoms with van der Waals surface area (Å²) in [4.78, 5) is 16.8. The maximum absolute atomic E-state index is 12.5. The molecule has 0 unspecified atom stereocenters. The van der Waals surface area contributed by atoms with Gasteiger partial charge < -0.3 is 5.32 Å². The predicted octanol–water partition coefficient (Wildman–Crippen LogP) is 3.18. The van der Waals surface area contributed by atoms with E-state index in [0.29, 0.717) is 16.1 Å². The minimum atomic E-state index is -0.284. The van der Waals surface area contributed by atoms with Gasteiger partial charge in [-0.05, 0) is 49.1 Å². The van der Waals surface area contributed by atoms with E-state index in [1.165, 1.54) is 0 Å². The monoisotopic (exact) mass is 338 g/mol. The average Bonchev–Trinajstić information content (AvgIpc) is 3.33. The molecule has 6 heteroatoms. The van der Waals surface area contributed by atoms with Crippen LogP contribution in [-0.2, 0) is 6.42 Å². The van der Waals surface area contributed by atoms with Crippen molar-refractivity contribution < 1.29 is 4.79 Å². The molecule has 1 heterocycles. The van der Waals surface area contributed by atoms with E-state index in [4.69, 9.17) is 11.6 Å². The van der Waals surface area contributed by atoms with Crippen LogP contribution >= 0.6 is 11.6 Å². The highest BCUT2D eigenvalue weighted by Gasteiger charge is 2.44. The third-order valence-corrected chi connectivity index (χ3v) is 4.46. The van der Waals surface area contributed by atoms with Gasteiger partial charge in [0.15, 0.2) is 0 Å². The molecule has 1 aromatic heterocycles. The summed E-state index contributed by atoms with van der Waals surface area (Å²) < 4.78 is 0. The summed E-state index contributed by atoms with van der Waals surface area (Å²) in [7, 11) is 0. The third-order valence-electron chi connectivity index (χ3n) is 4.23. The number of aromatic nitrogens is 3. The SMILES string of the molecule is O=C(NC1(Cc2cccc(Cl)c2)CC1)c1nnc2ccccc2n1. The van der Waals surface area contributed by atoms with Crippen LogP contribution in [0.4, 0.5) is 0 Å². The molecular formula is C18H15ClN4O. The van der Waals surface area contributed by atoms with Crippen LogP contribution in [0.2, 0.25) is 5.02 Å². The summed E-state index contributed by atoms with van der Waals surface area (Å²) in [6, 6.07) is 15.1. The van der Waals surface area contributed by atoms with E-state index in [2.05, 4.69) is 20.5 Å². The van der Waals surface area contributed by atoms with Gasteiger partial charge in [0.25, 0.3) is 5.91 Å². The van der Waals surface area contributed by atoms with Gasteiger partial charge in [0.1, 0.15) is 5.52 Å². The number of hydrogen-bond donors (Lipinski definition) is 1. The van der Waals surface area contributed by atoms with Crippen molar-refractivity contribution in [2.24, 2.45) is 0 Å². The van der Waals surface area contributed by atoms with Crippen LogP contribution in [0.1, 0.15) is 29.0 Å². The second kappa shape index (κ2) is 5.83. The Morgan fingerprint density at radius 2 is 1.88 bits per heavy atom. The van der Waals surface area contributed by atoms with E-state index < -0.39 is 0 Å². The number of para-hydroxylation sites is 1. The van der Waals surface area contributed by atoms with Crippen molar-refractivity contribution in [2.45, 2.75) is 24.8 Å². The van der Waals surface area contributed by atoms with Crippen LogP contribution in [0.15, 0.2) is 48.5 Å². The van der Waals surface area contributed by atoms with Crippen molar-refractivity contribution in [2.75, 3.05) is 0 Å². The lowest BCUT2D eigenvalue weighted by Crippen LogP contribution is -2.39. The zero-order valence-corrected chi connectivity index (χ0v) is 13.6. The Balaban J connectivity index is 1.52. The molecule has 0 radical (unpaired) electrons. The maximum Gasteiger partial charge on any atom is 0.291 e. The van der Waals surface area contributed by atoms with E-state index in [0.717, 1.165) is 24.8 Å². The van der Waals surface area contributed by atoms with Gasteiger partial charge in [-0.2, -0.15) is 0 Å². The Morgan fingerprint density at radius 1 is 1.08 bits per heavy atom. The molecule has 1 aliphatic carbocycles. The predicted molar refractivity (Wildman–Crippen MR) is 91.9 cm³/mol. The summed E-state index contributed by atoms with van der Waals surface area (Å²) >= 11 is 6.04. The Kier molecular flexibility index (Phi) is 3.65. The highest BCUT2D eigenvalue weighted by molar-refractivity contribution is 6.30. The number of carbonyl (C=O) groups excluding carboxylic acids is 1. The number of benzene rings is 2. The molecule has 0 aliphatic heterocycles. The highest BCUT2D eigenvalue weighted by Crippen LogP contribution is 2.39. The summed E-state index contributed by atoms with van der Waals surface area (Å²) in [6.07, 6.45) is 2.62. The topological polar surface area (TPSA) is 67.8 Å². The molecular weight excluding hydrogens is 324 g/mol. The van der Waals surface area contributed by atoms with Gasteiger partial charge >= 0.3 is 0 Å².